The van der Waals surface area contributed by atoms with E-state index in [1.54, 1.807) is 47.2 Å². The molecule has 158 valence electrons. The van der Waals surface area contributed by atoms with Crippen LogP contribution in [0, 0.1) is 0 Å². The van der Waals surface area contributed by atoms with Gasteiger partial charge in [0.1, 0.15) is 6.54 Å². The molecular weight excluding hydrogens is 432 g/mol. The van der Waals surface area contributed by atoms with Gasteiger partial charge in [0.2, 0.25) is 5.91 Å². The van der Waals surface area contributed by atoms with Crippen molar-refractivity contribution >= 4 is 38.2 Å². The lowest BCUT2D eigenvalue weighted by atomic mass is 10.2. The second-order valence-corrected chi connectivity index (χ2v) is 9.68. The van der Waals surface area contributed by atoms with Crippen LogP contribution in [0.15, 0.2) is 90.0 Å². The Hall–Kier alpha value is -3.09. The molecule has 0 aliphatic heterocycles. The van der Waals surface area contributed by atoms with Gasteiger partial charge in [-0.15, -0.1) is 0 Å². The number of aromatic nitrogens is 1. The second-order valence-electron chi connectivity index (χ2n) is 7.29. The minimum Gasteiger partial charge on any atom is -0.350 e. The van der Waals surface area contributed by atoms with Crippen LogP contribution in [0.25, 0.3) is 10.9 Å². The van der Waals surface area contributed by atoms with Crippen molar-refractivity contribution in [1.29, 1.82) is 0 Å². The summed E-state index contributed by atoms with van der Waals surface area (Å²) in [5.41, 5.74) is 2.36. The molecule has 0 radical (unpaired) electrons. The van der Waals surface area contributed by atoms with Gasteiger partial charge in [-0.2, -0.15) is 0 Å². The van der Waals surface area contributed by atoms with Crippen molar-refractivity contribution in [3.05, 3.63) is 101 Å². The van der Waals surface area contributed by atoms with Crippen LogP contribution in [-0.4, -0.2) is 18.9 Å². The van der Waals surface area contributed by atoms with Crippen LogP contribution in [0.3, 0.4) is 0 Å². The van der Waals surface area contributed by atoms with E-state index in [9.17, 15) is 13.2 Å². The molecule has 0 atom stereocenters. The van der Waals surface area contributed by atoms with Gasteiger partial charge in [0, 0.05) is 28.7 Å². The maximum Gasteiger partial charge on any atom is 0.240 e. The SMILES string of the molecule is O=C(Cn1cc(S(=O)(=O)Cc2ccccc2)c2ccccc21)NCc1ccc(Cl)cc1. The summed E-state index contributed by atoms with van der Waals surface area (Å²) in [5, 5.41) is 4.12. The van der Waals surface area contributed by atoms with E-state index in [1.807, 2.05) is 42.5 Å². The number of carbonyl (C=O) groups excluding carboxylic acids is 1. The quantitative estimate of drug-likeness (QED) is 0.446. The monoisotopic (exact) mass is 452 g/mol. The number of fused-ring (bicyclic) bond motifs is 1. The fourth-order valence-electron chi connectivity index (χ4n) is 3.48. The van der Waals surface area contributed by atoms with Crippen molar-refractivity contribution in [3.8, 4) is 0 Å². The van der Waals surface area contributed by atoms with E-state index in [1.165, 1.54) is 0 Å². The number of sulfone groups is 1. The average Bonchev–Trinajstić information content (AvgIpc) is 3.13. The van der Waals surface area contributed by atoms with Gasteiger partial charge in [0.15, 0.2) is 9.84 Å². The number of para-hydroxylation sites is 1. The zero-order valence-electron chi connectivity index (χ0n) is 16.7. The van der Waals surface area contributed by atoms with Crippen LogP contribution in [0.1, 0.15) is 11.1 Å². The van der Waals surface area contributed by atoms with E-state index in [-0.39, 0.29) is 23.1 Å². The number of halogens is 1. The molecule has 1 N–H and O–H groups in total. The van der Waals surface area contributed by atoms with Crippen LogP contribution in [0.5, 0.6) is 0 Å². The van der Waals surface area contributed by atoms with E-state index in [4.69, 9.17) is 11.6 Å². The number of nitrogens with one attached hydrogen (secondary N) is 1. The molecule has 31 heavy (non-hydrogen) atoms. The molecule has 1 aromatic heterocycles. The smallest absolute Gasteiger partial charge is 0.240 e. The van der Waals surface area contributed by atoms with Crippen LogP contribution in [0.2, 0.25) is 5.02 Å². The molecule has 0 saturated carbocycles. The summed E-state index contributed by atoms with van der Waals surface area (Å²) in [7, 11) is -3.58. The number of rotatable bonds is 7. The Morgan fingerprint density at radius 2 is 1.55 bits per heavy atom. The fourth-order valence-corrected chi connectivity index (χ4v) is 5.18. The van der Waals surface area contributed by atoms with Gasteiger partial charge >= 0.3 is 0 Å². The summed E-state index contributed by atoms with van der Waals surface area (Å²) in [6.45, 7) is 0.392. The van der Waals surface area contributed by atoms with Crippen molar-refractivity contribution in [2.75, 3.05) is 0 Å². The average molecular weight is 453 g/mol. The molecule has 0 fully saturated rings. The van der Waals surface area contributed by atoms with Gasteiger partial charge in [-0.1, -0.05) is 72.3 Å². The molecular formula is C24H21ClN2O3S. The minimum absolute atomic E-state index is 0.0228. The van der Waals surface area contributed by atoms with E-state index in [0.717, 1.165) is 11.1 Å². The molecule has 0 saturated heterocycles. The second kappa shape index (κ2) is 8.96. The highest BCUT2D eigenvalue weighted by molar-refractivity contribution is 7.90. The molecule has 0 aliphatic carbocycles. The maximum atomic E-state index is 13.1. The molecule has 5 nitrogen and oxygen atoms in total. The molecule has 7 heteroatoms. The normalized spacial score (nSPS) is 11.5. The standard InChI is InChI=1S/C24H21ClN2O3S/c25-20-12-10-18(11-13-20)14-26-24(28)16-27-15-23(21-8-4-5-9-22(21)27)31(29,30)17-19-6-2-1-3-7-19/h1-13,15H,14,16-17H2,(H,26,28). The lowest BCUT2D eigenvalue weighted by Crippen LogP contribution is -2.26. The molecule has 0 bridgehead atoms. The Morgan fingerprint density at radius 3 is 2.29 bits per heavy atom. The summed E-state index contributed by atoms with van der Waals surface area (Å²) < 4.78 is 27.9. The number of nitrogens with zero attached hydrogens (tertiary/aromatic N) is 1. The first-order chi connectivity index (χ1) is 14.9. The molecule has 3 aromatic carbocycles. The third-order valence-electron chi connectivity index (χ3n) is 5.00. The highest BCUT2D eigenvalue weighted by atomic mass is 35.5. The predicted molar refractivity (Wildman–Crippen MR) is 123 cm³/mol. The molecule has 0 aliphatic rings. The number of carbonyl (C=O) groups is 1. The number of benzene rings is 3. The van der Waals surface area contributed by atoms with Crippen molar-refractivity contribution in [1.82, 2.24) is 9.88 Å². The third-order valence-corrected chi connectivity index (χ3v) is 6.96. The van der Waals surface area contributed by atoms with E-state index < -0.39 is 9.84 Å². The lowest BCUT2D eigenvalue weighted by Gasteiger charge is -2.07. The third kappa shape index (κ3) is 4.98. The number of hydrogen-bond donors (Lipinski definition) is 1. The van der Waals surface area contributed by atoms with Crippen molar-refractivity contribution in [3.63, 3.8) is 0 Å². The summed E-state index contributed by atoms with van der Waals surface area (Å²) in [6, 6.07) is 23.5. The zero-order valence-corrected chi connectivity index (χ0v) is 18.2. The molecule has 4 aromatic rings. The first kappa shape index (κ1) is 21.2. The summed E-state index contributed by atoms with van der Waals surface area (Å²) in [4.78, 5) is 12.8. The van der Waals surface area contributed by atoms with Gasteiger partial charge < -0.3 is 9.88 Å². The molecule has 1 amide bonds. The molecule has 1 heterocycles. The van der Waals surface area contributed by atoms with Crippen LogP contribution in [-0.2, 0) is 33.5 Å². The zero-order chi connectivity index (χ0) is 21.8. The Labute approximate surface area is 186 Å². The van der Waals surface area contributed by atoms with Crippen molar-refractivity contribution < 1.29 is 13.2 Å². The highest BCUT2D eigenvalue weighted by Crippen LogP contribution is 2.28. The first-order valence-electron chi connectivity index (χ1n) is 9.78. The largest absolute Gasteiger partial charge is 0.350 e. The summed E-state index contributed by atoms with van der Waals surface area (Å²) in [6.07, 6.45) is 1.56. The molecule has 0 unspecified atom stereocenters. The van der Waals surface area contributed by atoms with Gasteiger partial charge in [-0.05, 0) is 29.3 Å². The van der Waals surface area contributed by atoms with Crippen LogP contribution >= 0.6 is 11.6 Å². The van der Waals surface area contributed by atoms with Gasteiger partial charge in [-0.25, -0.2) is 8.42 Å². The van der Waals surface area contributed by atoms with Crippen LogP contribution in [0.4, 0.5) is 0 Å². The Kier molecular flexibility index (Phi) is 6.11. The van der Waals surface area contributed by atoms with E-state index in [0.29, 0.717) is 22.5 Å². The van der Waals surface area contributed by atoms with E-state index >= 15 is 0 Å². The van der Waals surface area contributed by atoms with Gasteiger partial charge in [-0.3, -0.25) is 4.79 Å². The maximum absolute atomic E-state index is 13.1. The lowest BCUT2D eigenvalue weighted by molar-refractivity contribution is -0.121. The number of hydrogen-bond acceptors (Lipinski definition) is 3. The first-order valence-corrected chi connectivity index (χ1v) is 11.8. The predicted octanol–water partition coefficient (Wildman–Crippen LogP) is 4.59. The highest BCUT2D eigenvalue weighted by Gasteiger charge is 2.22. The Balaban J connectivity index is 1.56. The van der Waals surface area contributed by atoms with Gasteiger partial charge in [0.05, 0.1) is 10.6 Å². The summed E-state index contributed by atoms with van der Waals surface area (Å²) >= 11 is 5.89. The molecule has 4 rings (SSSR count). The van der Waals surface area contributed by atoms with Gasteiger partial charge in [0.25, 0.3) is 0 Å². The fraction of sp³-hybridized carbons (Fsp3) is 0.125. The van der Waals surface area contributed by atoms with Crippen molar-refractivity contribution in [2.24, 2.45) is 0 Å². The topological polar surface area (TPSA) is 68.2 Å². The van der Waals surface area contributed by atoms with E-state index in [2.05, 4.69) is 5.32 Å². The Bertz CT molecular complexity index is 1310. The van der Waals surface area contributed by atoms with Crippen LogP contribution < -0.4 is 5.32 Å². The Morgan fingerprint density at radius 1 is 0.871 bits per heavy atom. The van der Waals surface area contributed by atoms with Crippen molar-refractivity contribution in [2.45, 2.75) is 23.7 Å². The molecule has 0 spiro atoms. The summed E-state index contributed by atoms with van der Waals surface area (Å²) in [5.74, 6) is -0.298. The minimum atomic E-state index is -3.58. The number of amides is 1.